The minimum Gasteiger partial charge on any atom is -0.326 e. The summed E-state index contributed by atoms with van der Waals surface area (Å²) in [6, 6.07) is 0.201. The Morgan fingerprint density at radius 2 is 1.89 bits per heavy atom. The molecular weight excluding hydrogens is 241 g/mol. The Morgan fingerprint density at radius 3 is 2.56 bits per heavy atom. The number of alkyl halides is 3. The minimum atomic E-state index is -4.05. The lowest BCUT2D eigenvalue weighted by molar-refractivity contribution is -0.189. The quantitative estimate of drug-likeness (QED) is 0.789. The lowest BCUT2D eigenvalue weighted by atomic mass is 9.81. The van der Waals surface area contributed by atoms with Crippen molar-refractivity contribution >= 4 is 0 Å². The van der Waals surface area contributed by atoms with Gasteiger partial charge < -0.3 is 5.73 Å². The van der Waals surface area contributed by atoms with Crippen molar-refractivity contribution in [2.75, 3.05) is 13.1 Å². The van der Waals surface area contributed by atoms with Crippen LogP contribution in [0.3, 0.4) is 0 Å². The number of nitrogens with two attached hydrogens (primary N) is 1. The average Bonchev–Trinajstić information content (AvgIpc) is 2.31. The molecule has 18 heavy (non-hydrogen) atoms. The molecule has 0 amide bonds. The zero-order valence-electron chi connectivity index (χ0n) is 10.9. The van der Waals surface area contributed by atoms with Gasteiger partial charge in [-0.05, 0) is 44.6 Å². The monoisotopic (exact) mass is 264 g/mol. The lowest BCUT2D eigenvalue weighted by Gasteiger charge is -2.44. The van der Waals surface area contributed by atoms with Crippen LogP contribution in [0.1, 0.15) is 39.0 Å². The van der Waals surface area contributed by atoms with Gasteiger partial charge in [0.05, 0.1) is 5.92 Å². The number of hydrogen-bond donors (Lipinski definition) is 1. The number of nitrogens with zero attached hydrogens (tertiary/aromatic N) is 1. The van der Waals surface area contributed by atoms with E-state index in [1.54, 1.807) is 0 Å². The van der Waals surface area contributed by atoms with Crippen molar-refractivity contribution in [3.8, 4) is 0 Å². The van der Waals surface area contributed by atoms with Crippen LogP contribution in [0.2, 0.25) is 0 Å². The van der Waals surface area contributed by atoms with Gasteiger partial charge in [0.25, 0.3) is 0 Å². The Kier molecular flexibility index (Phi) is 4.22. The van der Waals surface area contributed by atoms with Crippen molar-refractivity contribution < 1.29 is 13.2 Å². The van der Waals surface area contributed by atoms with Crippen molar-refractivity contribution in [2.45, 2.75) is 57.3 Å². The summed E-state index contributed by atoms with van der Waals surface area (Å²) in [5.74, 6) is -0.572. The number of piperidine rings is 1. The van der Waals surface area contributed by atoms with E-state index >= 15 is 0 Å². The maximum atomic E-state index is 12.8. The van der Waals surface area contributed by atoms with Crippen LogP contribution in [0.5, 0.6) is 0 Å². The van der Waals surface area contributed by atoms with Crippen LogP contribution in [0.25, 0.3) is 0 Å². The summed E-state index contributed by atoms with van der Waals surface area (Å²) in [4.78, 5) is 2.00. The summed E-state index contributed by atoms with van der Waals surface area (Å²) in [7, 11) is 0. The molecule has 1 heterocycles. The molecule has 1 saturated heterocycles. The van der Waals surface area contributed by atoms with Crippen molar-refractivity contribution in [2.24, 2.45) is 17.6 Å². The van der Waals surface area contributed by atoms with Crippen LogP contribution in [0, 0.1) is 11.8 Å². The van der Waals surface area contributed by atoms with Crippen LogP contribution >= 0.6 is 0 Å². The van der Waals surface area contributed by atoms with Crippen molar-refractivity contribution in [3.05, 3.63) is 0 Å². The van der Waals surface area contributed by atoms with Crippen LogP contribution < -0.4 is 5.73 Å². The van der Waals surface area contributed by atoms with E-state index in [0.717, 1.165) is 25.8 Å². The highest BCUT2D eigenvalue weighted by molar-refractivity contribution is 4.91. The van der Waals surface area contributed by atoms with Gasteiger partial charge in [-0.15, -0.1) is 0 Å². The van der Waals surface area contributed by atoms with E-state index in [4.69, 9.17) is 5.73 Å². The predicted molar refractivity (Wildman–Crippen MR) is 65.1 cm³/mol. The van der Waals surface area contributed by atoms with Crippen molar-refractivity contribution in [3.63, 3.8) is 0 Å². The molecule has 0 aromatic heterocycles. The Morgan fingerprint density at radius 1 is 1.17 bits per heavy atom. The standard InChI is InChI=1S/C13H23F3N2/c1-9-4-5-11(17)12(7-9)18-6-2-3-10(8-18)13(14,15)16/h9-12H,2-8,17H2,1H3. The van der Waals surface area contributed by atoms with Crippen LogP contribution in [0.15, 0.2) is 0 Å². The second-order valence-electron chi connectivity index (χ2n) is 6.03. The molecular formula is C13H23F3N2. The summed E-state index contributed by atoms with van der Waals surface area (Å²) in [5.41, 5.74) is 6.10. The number of halogens is 3. The summed E-state index contributed by atoms with van der Waals surface area (Å²) in [6.45, 7) is 3.09. The normalized spacial score (nSPS) is 39.8. The number of rotatable bonds is 1. The molecule has 106 valence electrons. The van der Waals surface area contributed by atoms with Crippen LogP contribution in [0.4, 0.5) is 13.2 Å². The Hall–Kier alpha value is -0.290. The van der Waals surface area contributed by atoms with E-state index in [1.807, 2.05) is 4.90 Å². The molecule has 0 bridgehead atoms. The number of hydrogen-bond acceptors (Lipinski definition) is 2. The highest BCUT2D eigenvalue weighted by atomic mass is 19.4. The highest BCUT2D eigenvalue weighted by Crippen LogP contribution is 2.36. The van der Waals surface area contributed by atoms with E-state index in [9.17, 15) is 13.2 Å². The van der Waals surface area contributed by atoms with Gasteiger partial charge in [-0.3, -0.25) is 4.90 Å². The average molecular weight is 264 g/mol. The van der Waals surface area contributed by atoms with Gasteiger partial charge in [-0.2, -0.15) is 13.2 Å². The Labute approximate surface area is 107 Å². The molecule has 2 N–H and O–H groups in total. The molecule has 1 aliphatic carbocycles. The third-order valence-electron chi connectivity index (χ3n) is 4.52. The summed E-state index contributed by atoms with van der Waals surface area (Å²) in [5, 5.41) is 0. The van der Waals surface area contributed by atoms with E-state index in [0.29, 0.717) is 12.3 Å². The molecule has 1 aliphatic heterocycles. The van der Waals surface area contributed by atoms with Gasteiger partial charge >= 0.3 is 6.18 Å². The largest absolute Gasteiger partial charge is 0.393 e. The van der Waals surface area contributed by atoms with Gasteiger partial charge in [-0.25, -0.2) is 0 Å². The molecule has 4 unspecified atom stereocenters. The SMILES string of the molecule is CC1CCC(N)C(N2CCCC(C(F)(F)F)C2)C1. The summed E-state index contributed by atoms with van der Waals surface area (Å²) >= 11 is 0. The topological polar surface area (TPSA) is 29.3 Å². The predicted octanol–water partition coefficient (Wildman–Crippen LogP) is 2.78. The molecule has 0 aromatic rings. The molecule has 0 aromatic carbocycles. The first-order valence-electron chi connectivity index (χ1n) is 6.94. The van der Waals surface area contributed by atoms with Gasteiger partial charge in [0.15, 0.2) is 0 Å². The second kappa shape index (κ2) is 5.37. The van der Waals surface area contributed by atoms with E-state index in [2.05, 4.69) is 6.92 Å². The smallest absolute Gasteiger partial charge is 0.326 e. The first-order valence-corrected chi connectivity index (χ1v) is 6.94. The van der Waals surface area contributed by atoms with E-state index < -0.39 is 12.1 Å². The minimum absolute atomic E-state index is 0.0492. The zero-order chi connectivity index (χ0) is 13.3. The van der Waals surface area contributed by atoms with Crippen molar-refractivity contribution in [1.29, 1.82) is 0 Å². The lowest BCUT2D eigenvalue weighted by Crippen LogP contribution is -2.55. The molecule has 5 heteroatoms. The molecule has 2 rings (SSSR count). The molecule has 1 saturated carbocycles. The number of likely N-dealkylation sites (tertiary alicyclic amines) is 1. The fourth-order valence-electron chi connectivity index (χ4n) is 3.37. The third kappa shape index (κ3) is 3.18. The summed E-state index contributed by atoms with van der Waals surface area (Å²) < 4.78 is 38.4. The van der Waals surface area contributed by atoms with Crippen LogP contribution in [-0.2, 0) is 0 Å². The first kappa shape index (κ1) is 14.1. The fraction of sp³-hybridized carbons (Fsp3) is 1.00. The summed E-state index contributed by atoms with van der Waals surface area (Å²) in [6.07, 6.45) is -0.138. The Bertz CT molecular complexity index is 280. The third-order valence-corrected chi connectivity index (χ3v) is 4.52. The maximum absolute atomic E-state index is 12.8. The molecule has 2 nitrogen and oxygen atoms in total. The fourth-order valence-corrected chi connectivity index (χ4v) is 3.37. The second-order valence-corrected chi connectivity index (χ2v) is 6.03. The van der Waals surface area contributed by atoms with Gasteiger partial charge in [0, 0.05) is 18.6 Å². The van der Waals surface area contributed by atoms with E-state index in [1.165, 1.54) is 0 Å². The zero-order valence-corrected chi connectivity index (χ0v) is 10.9. The first-order chi connectivity index (χ1) is 8.38. The molecule has 0 radical (unpaired) electrons. The van der Waals surface area contributed by atoms with E-state index in [-0.39, 0.29) is 25.0 Å². The van der Waals surface area contributed by atoms with Gasteiger partial charge in [0.1, 0.15) is 0 Å². The molecule has 2 aliphatic rings. The van der Waals surface area contributed by atoms with Gasteiger partial charge in [0.2, 0.25) is 0 Å². The Balaban J connectivity index is 1.99. The van der Waals surface area contributed by atoms with Crippen molar-refractivity contribution in [1.82, 2.24) is 4.90 Å². The molecule has 2 fully saturated rings. The molecule has 4 atom stereocenters. The van der Waals surface area contributed by atoms with Crippen LogP contribution in [-0.4, -0.2) is 36.2 Å². The highest BCUT2D eigenvalue weighted by Gasteiger charge is 2.44. The molecule has 0 spiro atoms. The maximum Gasteiger partial charge on any atom is 0.393 e. The van der Waals surface area contributed by atoms with Gasteiger partial charge in [-0.1, -0.05) is 6.92 Å².